The van der Waals surface area contributed by atoms with E-state index in [0.29, 0.717) is 6.04 Å². The Balaban J connectivity index is 1.71. The molecule has 0 aromatic rings. The van der Waals surface area contributed by atoms with Gasteiger partial charge in [0.2, 0.25) is 0 Å². The van der Waals surface area contributed by atoms with Crippen LogP contribution in [0.1, 0.15) is 51.9 Å². The molecule has 3 heteroatoms. The van der Waals surface area contributed by atoms with Crippen molar-refractivity contribution in [1.29, 1.82) is 0 Å². The van der Waals surface area contributed by atoms with E-state index in [2.05, 4.69) is 29.1 Å². The number of nitrogens with zero attached hydrogens (tertiary/aromatic N) is 2. The Kier molecular flexibility index (Phi) is 7.32. The summed E-state index contributed by atoms with van der Waals surface area (Å²) >= 11 is 0. The summed E-state index contributed by atoms with van der Waals surface area (Å²) in [6.07, 6.45) is 10.1. The van der Waals surface area contributed by atoms with Crippen LogP contribution in [0.3, 0.4) is 0 Å². The van der Waals surface area contributed by atoms with Crippen molar-refractivity contribution in [3.05, 3.63) is 0 Å². The zero-order valence-corrected chi connectivity index (χ0v) is 13.7. The van der Waals surface area contributed by atoms with E-state index >= 15 is 0 Å². The topological polar surface area (TPSA) is 18.5 Å². The van der Waals surface area contributed by atoms with E-state index in [4.69, 9.17) is 0 Å². The highest BCUT2D eigenvalue weighted by Gasteiger charge is 2.24. The van der Waals surface area contributed by atoms with Crippen molar-refractivity contribution in [2.45, 2.75) is 57.9 Å². The van der Waals surface area contributed by atoms with E-state index in [1.54, 1.807) is 0 Å². The summed E-state index contributed by atoms with van der Waals surface area (Å²) in [5, 5.41) is 3.76. The molecule has 1 N–H and O–H groups in total. The monoisotopic (exact) mass is 281 g/mol. The van der Waals surface area contributed by atoms with E-state index in [0.717, 1.165) is 12.5 Å². The Hall–Kier alpha value is -0.120. The SMILES string of the molecule is CCNC(CN(C)CCN1CCCC1)C1CCCCC1. The van der Waals surface area contributed by atoms with Gasteiger partial charge in [0.1, 0.15) is 0 Å². The second-order valence-corrected chi connectivity index (χ2v) is 6.87. The second kappa shape index (κ2) is 9.01. The number of rotatable bonds is 8. The van der Waals surface area contributed by atoms with Crippen molar-refractivity contribution in [2.24, 2.45) is 5.92 Å². The van der Waals surface area contributed by atoms with Crippen LogP contribution in [-0.2, 0) is 0 Å². The molecule has 118 valence electrons. The molecular weight excluding hydrogens is 246 g/mol. The Morgan fingerprint density at radius 1 is 1.10 bits per heavy atom. The molecule has 0 radical (unpaired) electrons. The standard InChI is InChI=1S/C17H35N3/c1-3-18-17(16-9-5-4-6-10-16)15-19(2)13-14-20-11-7-8-12-20/h16-18H,3-15H2,1-2H3. The van der Waals surface area contributed by atoms with Crippen molar-refractivity contribution >= 4 is 0 Å². The van der Waals surface area contributed by atoms with Gasteiger partial charge in [-0.3, -0.25) is 0 Å². The number of likely N-dealkylation sites (tertiary alicyclic amines) is 1. The average Bonchev–Trinajstić information content (AvgIpc) is 2.99. The zero-order valence-electron chi connectivity index (χ0n) is 13.7. The lowest BCUT2D eigenvalue weighted by molar-refractivity contribution is 0.191. The van der Waals surface area contributed by atoms with Crippen LogP contribution < -0.4 is 5.32 Å². The van der Waals surface area contributed by atoms with Crippen LogP contribution in [-0.4, -0.2) is 62.2 Å². The van der Waals surface area contributed by atoms with E-state index in [1.165, 1.54) is 77.7 Å². The molecule has 2 rings (SSSR count). The quantitative estimate of drug-likeness (QED) is 0.738. The third kappa shape index (κ3) is 5.34. The van der Waals surface area contributed by atoms with Crippen LogP contribution in [0.2, 0.25) is 0 Å². The molecular formula is C17H35N3. The summed E-state index contributed by atoms with van der Waals surface area (Å²) < 4.78 is 0. The average molecular weight is 281 g/mol. The molecule has 1 aliphatic carbocycles. The lowest BCUT2D eigenvalue weighted by atomic mass is 9.83. The van der Waals surface area contributed by atoms with Crippen LogP contribution in [0.4, 0.5) is 0 Å². The molecule has 0 aromatic carbocycles. The number of nitrogens with one attached hydrogen (secondary N) is 1. The summed E-state index contributed by atoms with van der Waals surface area (Å²) in [5.74, 6) is 0.915. The summed E-state index contributed by atoms with van der Waals surface area (Å²) in [7, 11) is 2.31. The van der Waals surface area contributed by atoms with Gasteiger partial charge in [0, 0.05) is 25.7 Å². The van der Waals surface area contributed by atoms with Crippen molar-refractivity contribution < 1.29 is 0 Å². The Bertz CT molecular complexity index is 245. The van der Waals surface area contributed by atoms with Crippen LogP contribution in [0.25, 0.3) is 0 Å². The van der Waals surface area contributed by atoms with E-state index in [-0.39, 0.29) is 0 Å². The fourth-order valence-electron chi connectivity index (χ4n) is 3.92. The van der Waals surface area contributed by atoms with E-state index in [9.17, 15) is 0 Å². The summed E-state index contributed by atoms with van der Waals surface area (Å²) in [6.45, 7) is 9.74. The van der Waals surface area contributed by atoms with Crippen LogP contribution in [0.5, 0.6) is 0 Å². The molecule has 1 saturated heterocycles. The molecule has 1 aliphatic heterocycles. The van der Waals surface area contributed by atoms with Gasteiger partial charge in [0.05, 0.1) is 0 Å². The first-order chi connectivity index (χ1) is 9.79. The van der Waals surface area contributed by atoms with E-state index in [1.807, 2.05) is 0 Å². The first kappa shape index (κ1) is 16.3. The Morgan fingerprint density at radius 2 is 1.80 bits per heavy atom. The normalized spacial score (nSPS) is 23.6. The third-order valence-corrected chi connectivity index (χ3v) is 5.19. The van der Waals surface area contributed by atoms with Crippen LogP contribution >= 0.6 is 0 Å². The smallest absolute Gasteiger partial charge is 0.0223 e. The van der Waals surface area contributed by atoms with Gasteiger partial charge in [-0.1, -0.05) is 26.2 Å². The van der Waals surface area contributed by atoms with Gasteiger partial charge in [-0.05, 0) is 58.3 Å². The lowest BCUT2D eigenvalue weighted by Gasteiger charge is -2.34. The highest BCUT2D eigenvalue weighted by Crippen LogP contribution is 2.26. The number of likely N-dealkylation sites (N-methyl/N-ethyl adjacent to an activating group) is 2. The van der Waals surface area contributed by atoms with E-state index < -0.39 is 0 Å². The van der Waals surface area contributed by atoms with Crippen molar-refractivity contribution in [3.8, 4) is 0 Å². The summed E-state index contributed by atoms with van der Waals surface area (Å²) in [6, 6.07) is 0.712. The third-order valence-electron chi connectivity index (χ3n) is 5.19. The van der Waals surface area contributed by atoms with Gasteiger partial charge in [-0.25, -0.2) is 0 Å². The highest BCUT2D eigenvalue weighted by atomic mass is 15.2. The van der Waals surface area contributed by atoms with Crippen molar-refractivity contribution in [2.75, 3.05) is 46.3 Å². The number of hydrogen-bond donors (Lipinski definition) is 1. The molecule has 3 nitrogen and oxygen atoms in total. The van der Waals surface area contributed by atoms with Gasteiger partial charge in [-0.2, -0.15) is 0 Å². The molecule has 1 unspecified atom stereocenters. The summed E-state index contributed by atoms with van der Waals surface area (Å²) in [4.78, 5) is 5.18. The maximum absolute atomic E-state index is 3.76. The molecule has 1 heterocycles. The molecule has 1 atom stereocenters. The maximum Gasteiger partial charge on any atom is 0.0223 e. The first-order valence-corrected chi connectivity index (χ1v) is 8.94. The van der Waals surface area contributed by atoms with Gasteiger partial charge >= 0.3 is 0 Å². The minimum Gasteiger partial charge on any atom is -0.313 e. The van der Waals surface area contributed by atoms with Crippen LogP contribution in [0, 0.1) is 5.92 Å². The molecule has 2 fully saturated rings. The largest absolute Gasteiger partial charge is 0.313 e. The predicted molar refractivity (Wildman–Crippen MR) is 87.2 cm³/mol. The number of hydrogen-bond acceptors (Lipinski definition) is 3. The maximum atomic E-state index is 3.76. The van der Waals surface area contributed by atoms with Gasteiger partial charge in [0.25, 0.3) is 0 Å². The van der Waals surface area contributed by atoms with Gasteiger partial charge in [-0.15, -0.1) is 0 Å². The second-order valence-electron chi connectivity index (χ2n) is 6.87. The lowest BCUT2D eigenvalue weighted by Crippen LogP contribution is -2.46. The van der Waals surface area contributed by atoms with Crippen molar-refractivity contribution in [1.82, 2.24) is 15.1 Å². The molecule has 0 spiro atoms. The molecule has 0 amide bonds. The first-order valence-electron chi connectivity index (χ1n) is 8.94. The molecule has 1 saturated carbocycles. The highest BCUT2D eigenvalue weighted by molar-refractivity contribution is 4.81. The Labute approximate surface area is 126 Å². The van der Waals surface area contributed by atoms with Crippen LogP contribution in [0.15, 0.2) is 0 Å². The molecule has 0 aromatic heterocycles. The summed E-state index contributed by atoms with van der Waals surface area (Å²) in [5.41, 5.74) is 0. The fourth-order valence-corrected chi connectivity index (χ4v) is 3.92. The Morgan fingerprint density at radius 3 is 2.45 bits per heavy atom. The van der Waals surface area contributed by atoms with Gasteiger partial charge in [0.15, 0.2) is 0 Å². The predicted octanol–water partition coefficient (Wildman–Crippen LogP) is 2.57. The molecule has 20 heavy (non-hydrogen) atoms. The van der Waals surface area contributed by atoms with Crippen molar-refractivity contribution in [3.63, 3.8) is 0 Å². The fraction of sp³-hybridized carbons (Fsp3) is 1.00. The minimum absolute atomic E-state index is 0.712. The van der Waals surface area contributed by atoms with Gasteiger partial charge < -0.3 is 15.1 Å². The molecule has 0 bridgehead atoms. The minimum atomic E-state index is 0.712. The molecule has 2 aliphatic rings. The zero-order chi connectivity index (χ0) is 14.2.